The Morgan fingerprint density at radius 3 is 2.37 bits per heavy atom. The third-order valence-corrected chi connectivity index (χ3v) is 4.97. The van der Waals surface area contributed by atoms with Gasteiger partial charge < -0.3 is 10.1 Å². The van der Waals surface area contributed by atoms with E-state index in [4.69, 9.17) is 4.74 Å². The van der Waals surface area contributed by atoms with Crippen LogP contribution in [0.2, 0.25) is 0 Å². The molecule has 1 fully saturated rings. The fourth-order valence-electron chi connectivity index (χ4n) is 3.26. The van der Waals surface area contributed by atoms with E-state index in [1.807, 2.05) is 24.3 Å². The summed E-state index contributed by atoms with van der Waals surface area (Å²) in [6, 6.07) is 16.3. The number of ether oxygens (including phenoxy) is 1. The zero-order valence-corrected chi connectivity index (χ0v) is 16.6. The maximum absolute atomic E-state index is 12.4. The van der Waals surface area contributed by atoms with Crippen LogP contribution in [0.4, 0.5) is 0 Å². The predicted octanol–water partition coefficient (Wildman–Crippen LogP) is 3.75. The number of nitrogens with one attached hydrogen (secondary N) is 1. The van der Waals surface area contributed by atoms with Crippen molar-refractivity contribution in [3.05, 3.63) is 70.8 Å². The van der Waals surface area contributed by atoms with Crippen LogP contribution in [-0.2, 0) is 23.2 Å². The third-order valence-electron chi connectivity index (χ3n) is 4.97. The third kappa shape index (κ3) is 5.65. The van der Waals surface area contributed by atoms with Gasteiger partial charge in [-0.05, 0) is 34.2 Å². The minimum Gasteiger partial charge on any atom is -0.379 e. The Balaban J connectivity index is 1.56. The van der Waals surface area contributed by atoms with Gasteiger partial charge in [0.25, 0.3) is 5.91 Å². The second kappa shape index (κ2) is 8.68. The number of carbonyl (C=O) groups excluding carboxylic acids is 1. The molecule has 4 heteroatoms. The smallest absolute Gasteiger partial charge is 0.251 e. The lowest BCUT2D eigenvalue weighted by Crippen LogP contribution is -2.35. The highest BCUT2D eigenvalue weighted by Gasteiger charge is 2.14. The van der Waals surface area contributed by atoms with Gasteiger partial charge in [0.15, 0.2) is 0 Å². The van der Waals surface area contributed by atoms with Crippen LogP contribution in [0.5, 0.6) is 0 Å². The minimum atomic E-state index is -0.0333. The first-order valence-electron chi connectivity index (χ1n) is 9.68. The number of amides is 1. The van der Waals surface area contributed by atoms with E-state index in [2.05, 4.69) is 55.3 Å². The second-order valence-corrected chi connectivity index (χ2v) is 8.22. The van der Waals surface area contributed by atoms with Crippen molar-refractivity contribution in [2.24, 2.45) is 0 Å². The number of nitrogens with zero attached hydrogens (tertiary/aromatic N) is 1. The van der Waals surface area contributed by atoms with Crippen molar-refractivity contribution in [1.82, 2.24) is 10.2 Å². The van der Waals surface area contributed by atoms with Crippen molar-refractivity contribution in [3.8, 4) is 0 Å². The molecule has 0 saturated carbocycles. The number of hydrogen-bond donors (Lipinski definition) is 1. The largest absolute Gasteiger partial charge is 0.379 e. The first-order valence-corrected chi connectivity index (χ1v) is 9.68. The van der Waals surface area contributed by atoms with Gasteiger partial charge in [-0.2, -0.15) is 0 Å². The number of hydrogen-bond acceptors (Lipinski definition) is 3. The van der Waals surface area contributed by atoms with Crippen molar-refractivity contribution < 1.29 is 9.53 Å². The molecule has 0 bridgehead atoms. The standard InChI is InChI=1S/C23H30N2O2/c1-23(2,3)21-9-7-20(8-10-21)22(26)24-16-18-5-4-6-19(15-18)17-25-11-13-27-14-12-25/h4-10,15H,11-14,16-17H2,1-3H3,(H,24,26). The molecule has 2 aromatic carbocycles. The van der Waals surface area contributed by atoms with E-state index in [0.29, 0.717) is 12.1 Å². The molecule has 4 nitrogen and oxygen atoms in total. The molecule has 1 saturated heterocycles. The van der Waals surface area contributed by atoms with Crippen LogP contribution in [0, 0.1) is 0 Å². The van der Waals surface area contributed by atoms with Crippen molar-refractivity contribution in [2.45, 2.75) is 39.3 Å². The number of carbonyl (C=O) groups is 1. The van der Waals surface area contributed by atoms with Gasteiger partial charge in [-0.25, -0.2) is 0 Å². The summed E-state index contributed by atoms with van der Waals surface area (Å²) >= 11 is 0. The summed E-state index contributed by atoms with van der Waals surface area (Å²) < 4.78 is 5.40. The average Bonchev–Trinajstić information content (AvgIpc) is 2.67. The fourth-order valence-corrected chi connectivity index (χ4v) is 3.26. The van der Waals surface area contributed by atoms with Gasteiger partial charge in [0, 0.05) is 31.7 Å². The first-order chi connectivity index (χ1) is 12.9. The number of morpholine rings is 1. The summed E-state index contributed by atoms with van der Waals surface area (Å²) in [7, 11) is 0. The molecule has 144 valence electrons. The maximum atomic E-state index is 12.4. The lowest BCUT2D eigenvalue weighted by molar-refractivity contribution is 0.0342. The Labute approximate surface area is 162 Å². The van der Waals surface area contributed by atoms with Crippen LogP contribution in [0.3, 0.4) is 0 Å². The summed E-state index contributed by atoms with van der Waals surface area (Å²) in [5.41, 5.74) is 4.43. The van der Waals surface area contributed by atoms with Crippen molar-refractivity contribution in [1.29, 1.82) is 0 Å². The highest BCUT2D eigenvalue weighted by Crippen LogP contribution is 2.22. The predicted molar refractivity (Wildman–Crippen MR) is 109 cm³/mol. The van der Waals surface area contributed by atoms with Crippen molar-refractivity contribution >= 4 is 5.91 Å². The molecule has 1 aliphatic heterocycles. The van der Waals surface area contributed by atoms with Gasteiger partial charge in [-0.1, -0.05) is 57.2 Å². The normalized spacial score (nSPS) is 15.5. The zero-order chi connectivity index (χ0) is 19.3. The van der Waals surface area contributed by atoms with Crippen molar-refractivity contribution in [3.63, 3.8) is 0 Å². The fraction of sp³-hybridized carbons (Fsp3) is 0.435. The Bertz CT molecular complexity index is 757. The maximum Gasteiger partial charge on any atom is 0.251 e. The first kappa shape index (κ1) is 19.6. The second-order valence-electron chi connectivity index (χ2n) is 8.22. The molecule has 0 atom stereocenters. The van der Waals surface area contributed by atoms with Gasteiger partial charge in [-0.3, -0.25) is 9.69 Å². The molecule has 0 unspecified atom stereocenters. The van der Waals surface area contributed by atoms with Crippen LogP contribution in [0.1, 0.15) is 47.8 Å². The Morgan fingerprint density at radius 1 is 1.04 bits per heavy atom. The topological polar surface area (TPSA) is 41.6 Å². The Hall–Kier alpha value is -2.17. The van der Waals surface area contributed by atoms with Gasteiger partial charge in [0.2, 0.25) is 0 Å². The quantitative estimate of drug-likeness (QED) is 0.876. The summed E-state index contributed by atoms with van der Waals surface area (Å²) in [4.78, 5) is 14.8. The van der Waals surface area contributed by atoms with E-state index >= 15 is 0 Å². The van der Waals surface area contributed by atoms with Crippen LogP contribution in [0.15, 0.2) is 48.5 Å². The number of benzene rings is 2. The van der Waals surface area contributed by atoms with E-state index in [0.717, 1.165) is 38.4 Å². The van der Waals surface area contributed by atoms with E-state index in [1.165, 1.54) is 11.1 Å². The van der Waals surface area contributed by atoms with Gasteiger partial charge in [0.1, 0.15) is 0 Å². The van der Waals surface area contributed by atoms with E-state index in [-0.39, 0.29) is 11.3 Å². The number of rotatable bonds is 5. The van der Waals surface area contributed by atoms with Gasteiger partial charge in [0.05, 0.1) is 13.2 Å². The monoisotopic (exact) mass is 366 g/mol. The van der Waals surface area contributed by atoms with Crippen LogP contribution in [0.25, 0.3) is 0 Å². The van der Waals surface area contributed by atoms with Crippen LogP contribution in [-0.4, -0.2) is 37.1 Å². The summed E-state index contributed by atoms with van der Waals surface area (Å²) in [6.45, 7) is 11.6. The van der Waals surface area contributed by atoms with Crippen LogP contribution >= 0.6 is 0 Å². The zero-order valence-electron chi connectivity index (χ0n) is 16.6. The van der Waals surface area contributed by atoms with Gasteiger partial charge >= 0.3 is 0 Å². The molecule has 1 heterocycles. The highest BCUT2D eigenvalue weighted by molar-refractivity contribution is 5.94. The Morgan fingerprint density at radius 2 is 1.70 bits per heavy atom. The van der Waals surface area contributed by atoms with E-state index < -0.39 is 0 Å². The molecule has 0 aromatic heterocycles. The Kier molecular flexibility index (Phi) is 6.30. The molecule has 27 heavy (non-hydrogen) atoms. The molecule has 2 aromatic rings. The molecule has 1 aliphatic rings. The molecule has 0 aliphatic carbocycles. The molecule has 1 amide bonds. The molecule has 1 N–H and O–H groups in total. The van der Waals surface area contributed by atoms with E-state index in [1.54, 1.807) is 0 Å². The van der Waals surface area contributed by atoms with Gasteiger partial charge in [-0.15, -0.1) is 0 Å². The summed E-state index contributed by atoms with van der Waals surface area (Å²) in [6.07, 6.45) is 0. The summed E-state index contributed by atoms with van der Waals surface area (Å²) in [5.74, 6) is -0.0333. The average molecular weight is 367 g/mol. The van der Waals surface area contributed by atoms with Crippen LogP contribution < -0.4 is 5.32 Å². The van der Waals surface area contributed by atoms with E-state index in [9.17, 15) is 4.79 Å². The lowest BCUT2D eigenvalue weighted by atomic mass is 9.87. The molecule has 0 radical (unpaired) electrons. The van der Waals surface area contributed by atoms with Crippen molar-refractivity contribution in [2.75, 3.05) is 26.3 Å². The minimum absolute atomic E-state index is 0.0333. The lowest BCUT2D eigenvalue weighted by Gasteiger charge is -2.26. The summed E-state index contributed by atoms with van der Waals surface area (Å²) in [5, 5.41) is 3.03. The SMILES string of the molecule is CC(C)(C)c1ccc(C(=O)NCc2cccc(CN3CCOCC3)c2)cc1. The molecular formula is C23H30N2O2. The molecule has 3 rings (SSSR count). The molecular weight excluding hydrogens is 336 g/mol. The highest BCUT2D eigenvalue weighted by atomic mass is 16.5. The molecule has 0 spiro atoms.